The lowest BCUT2D eigenvalue weighted by molar-refractivity contribution is 0.243. The minimum atomic E-state index is -1.28. The molecule has 8 nitrogen and oxygen atoms in total. The molecule has 0 radical (unpaired) electrons. The standard InChI is InChI=1S/C12H20FIN6O2/c1-8(7-22-11(15)3-4-18-14)5-10(6-17-9(2)13)19-12(21)20-16/h3-4,6,9,15,17-18H,1,5,7,16H2,2H3,(H2,19,20,21)/b4-3-,10-6+,15-11?. The predicted octanol–water partition coefficient (Wildman–Crippen LogP) is 1.30. The van der Waals surface area contributed by atoms with E-state index in [0.717, 1.165) is 0 Å². The topological polar surface area (TPSA) is 124 Å². The average molecular weight is 426 g/mol. The summed E-state index contributed by atoms with van der Waals surface area (Å²) in [4.78, 5) is 11.2. The summed E-state index contributed by atoms with van der Waals surface area (Å²) < 4.78 is 20.6. The Morgan fingerprint density at radius 2 is 2.27 bits per heavy atom. The Morgan fingerprint density at radius 1 is 1.59 bits per heavy atom. The van der Waals surface area contributed by atoms with E-state index in [4.69, 9.17) is 16.0 Å². The number of urea groups is 1. The molecule has 0 aliphatic rings. The summed E-state index contributed by atoms with van der Waals surface area (Å²) in [6.45, 7) is 5.17. The zero-order valence-corrected chi connectivity index (χ0v) is 14.2. The zero-order valence-electron chi connectivity index (χ0n) is 12.1. The molecule has 0 bridgehead atoms. The largest absolute Gasteiger partial charge is 0.473 e. The zero-order chi connectivity index (χ0) is 17.0. The number of amides is 2. The fraction of sp³-hybridized carbons (Fsp3) is 0.333. The van der Waals surface area contributed by atoms with E-state index in [0.29, 0.717) is 11.3 Å². The van der Waals surface area contributed by atoms with Gasteiger partial charge in [0.1, 0.15) is 6.61 Å². The molecule has 10 heteroatoms. The molecule has 0 heterocycles. The highest BCUT2D eigenvalue weighted by Gasteiger charge is 2.07. The molecule has 0 aliphatic carbocycles. The highest BCUT2D eigenvalue weighted by atomic mass is 127. The molecule has 0 aromatic heterocycles. The summed E-state index contributed by atoms with van der Waals surface area (Å²) in [5.41, 5.74) is 2.84. The number of ether oxygens (including phenoxy) is 1. The van der Waals surface area contributed by atoms with E-state index in [2.05, 4.69) is 20.7 Å². The second kappa shape index (κ2) is 11.8. The van der Waals surface area contributed by atoms with Gasteiger partial charge in [-0.25, -0.2) is 15.0 Å². The Balaban J connectivity index is 4.48. The van der Waals surface area contributed by atoms with E-state index in [1.54, 1.807) is 0 Å². The quantitative estimate of drug-likeness (QED) is 0.0382. The first-order chi connectivity index (χ1) is 10.4. The van der Waals surface area contributed by atoms with E-state index in [1.807, 2.05) is 28.3 Å². The van der Waals surface area contributed by atoms with Crippen molar-refractivity contribution in [3.05, 3.63) is 36.3 Å². The maximum Gasteiger partial charge on any atom is 0.333 e. The van der Waals surface area contributed by atoms with Crippen LogP contribution in [0.2, 0.25) is 0 Å². The summed E-state index contributed by atoms with van der Waals surface area (Å²) in [6.07, 6.45) is 3.23. The molecule has 1 atom stereocenters. The van der Waals surface area contributed by atoms with Gasteiger partial charge in [-0.1, -0.05) is 6.58 Å². The molecule has 0 aromatic carbocycles. The van der Waals surface area contributed by atoms with E-state index >= 15 is 0 Å². The van der Waals surface area contributed by atoms with Crippen LogP contribution in [0, 0.1) is 5.41 Å². The Hall–Kier alpha value is -1.82. The third-order valence-electron chi connectivity index (χ3n) is 2.06. The highest BCUT2D eigenvalue weighted by molar-refractivity contribution is 14.1. The Labute approximate surface area is 142 Å². The van der Waals surface area contributed by atoms with Gasteiger partial charge < -0.3 is 18.9 Å². The number of rotatable bonds is 9. The summed E-state index contributed by atoms with van der Waals surface area (Å²) in [5.74, 6) is 4.94. The number of nitrogens with two attached hydrogens (primary N) is 1. The van der Waals surface area contributed by atoms with Crippen molar-refractivity contribution in [1.29, 1.82) is 5.41 Å². The van der Waals surface area contributed by atoms with Crippen molar-refractivity contribution in [2.75, 3.05) is 6.61 Å². The van der Waals surface area contributed by atoms with Gasteiger partial charge in [-0.2, -0.15) is 0 Å². The maximum absolute atomic E-state index is 12.8. The number of hydrogen-bond donors (Lipinski definition) is 6. The number of nitrogens with one attached hydrogen (secondary N) is 5. The molecule has 124 valence electrons. The van der Waals surface area contributed by atoms with Crippen molar-refractivity contribution in [3.63, 3.8) is 0 Å². The van der Waals surface area contributed by atoms with Gasteiger partial charge in [0.15, 0.2) is 6.30 Å². The van der Waals surface area contributed by atoms with Gasteiger partial charge in [-0.3, -0.25) is 10.8 Å². The second-order valence-electron chi connectivity index (χ2n) is 4.07. The van der Waals surface area contributed by atoms with Gasteiger partial charge in [0.05, 0.1) is 22.9 Å². The SMILES string of the molecule is C=C(COC(=N)/C=C\NI)C/C(=C\NC(C)F)NC(=O)NN. The lowest BCUT2D eigenvalue weighted by Crippen LogP contribution is -2.40. The van der Waals surface area contributed by atoms with Crippen LogP contribution in [-0.4, -0.2) is 24.8 Å². The number of hydrogen-bond acceptors (Lipinski definition) is 6. The Morgan fingerprint density at radius 3 is 2.82 bits per heavy atom. The molecule has 0 saturated carbocycles. The van der Waals surface area contributed by atoms with Crippen LogP contribution in [0.4, 0.5) is 9.18 Å². The van der Waals surface area contributed by atoms with Crippen LogP contribution in [0.3, 0.4) is 0 Å². The molecule has 0 aliphatic heterocycles. The normalized spacial score (nSPS) is 12.5. The van der Waals surface area contributed by atoms with Crippen LogP contribution in [-0.2, 0) is 4.74 Å². The lowest BCUT2D eigenvalue weighted by Gasteiger charge is -2.13. The number of carbonyl (C=O) groups excluding carboxylic acids is 1. The molecule has 0 saturated heterocycles. The van der Waals surface area contributed by atoms with Crippen LogP contribution >= 0.6 is 22.9 Å². The minimum Gasteiger partial charge on any atom is -0.473 e. The average Bonchev–Trinajstić information content (AvgIpc) is 2.48. The summed E-state index contributed by atoms with van der Waals surface area (Å²) in [5, 5.41) is 12.3. The summed E-state index contributed by atoms with van der Waals surface area (Å²) in [6, 6.07) is -0.642. The molecular weight excluding hydrogens is 406 g/mol. The number of hydrazine groups is 1. The van der Waals surface area contributed by atoms with E-state index < -0.39 is 12.3 Å². The molecule has 7 N–H and O–H groups in total. The molecule has 1 unspecified atom stereocenters. The van der Waals surface area contributed by atoms with E-state index in [1.165, 1.54) is 25.4 Å². The lowest BCUT2D eigenvalue weighted by atomic mass is 10.2. The molecule has 0 fully saturated rings. The van der Waals surface area contributed by atoms with Crippen molar-refractivity contribution < 1.29 is 13.9 Å². The number of allylic oxidation sites excluding steroid dienone is 1. The van der Waals surface area contributed by atoms with Crippen LogP contribution in [0.1, 0.15) is 13.3 Å². The third kappa shape index (κ3) is 10.9. The monoisotopic (exact) mass is 426 g/mol. The van der Waals surface area contributed by atoms with Gasteiger partial charge in [0, 0.05) is 30.6 Å². The molecule has 0 aromatic rings. The van der Waals surface area contributed by atoms with Crippen LogP contribution in [0.15, 0.2) is 36.3 Å². The molecule has 2 amide bonds. The molecule has 0 spiro atoms. The smallest absolute Gasteiger partial charge is 0.333 e. The van der Waals surface area contributed by atoms with Gasteiger partial charge in [0.2, 0.25) is 5.90 Å². The second-order valence-corrected chi connectivity index (χ2v) is 4.70. The van der Waals surface area contributed by atoms with Crippen LogP contribution in [0.5, 0.6) is 0 Å². The molecule has 0 rings (SSSR count). The number of halogens is 2. The summed E-state index contributed by atoms with van der Waals surface area (Å²) in [7, 11) is 0. The van der Waals surface area contributed by atoms with Gasteiger partial charge in [0.25, 0.3) is 0 Å². The number of carbonyl (C=O) groups is 1. The van der Waals surface area contributed by atoms with Crippen molar-refractivity contribution in [2.24, 2.45) is 5.84 Å². The third-order valence-corrected chi connectivity index (χ3v) is 2.42. The van der Waals surface area contributed by atoms with Gasteiger partial charge in [-0.15, -0.1) is 0 Å². The fourth-order valence-corrected chi connectivity index (χ4v) is 1.36. The Bertz CT molecular complexity index is 453. The van der Waals surface area contributed by atoms with E-state index in [9.17, 15) is 9.18 Å². The fourth-order valence-electron chi connectivity index (χ4n) is 1.18. The molecule has 22 heavy (non-hydrogen) atoms. The minimum absolute atomic E-state index is 0.0426. The maximum atomic E-state index is 12.8. The van der Waals surface area contributed by atoms with Crippen LogP contribution in [0.25, 0.3) is 0 Å². The van der Waals surface area contributed by atoms with Crippen molar-refractivity contribution in [2.45, 2.75) is 19.6 Å². The predicted molar refractivity (Wildman–Crippen MR) is 91.4 cm³/mol. The Kier molecular flexibility index (Phi) is 10.8. The molecular formula is C12H20FIN6O2. The van der Waals surface area contributed by atoms with Crippen LogP contribution < -0.4 is 25.4 Å². The first-order valence-electron chi connectivity index (χ1n) is 6.16. The van der Waals surface area contributed by atoms with E-state index in [-0.39, 0.29) is 18.9 Å². The highest BCUT2D eigenvalue weighted by Crippen LogP contribution is 2.07. The van der Waals surface area contributed by atoms with Crippen molar-refractivity contribution in [3.8, 4) is 0 Å². The van der Waals surface area contributed by atoms with Gasteiger partial charge in [-0.05, 0) is 12.5 Å². The first-order valence-corrected chi connectivity index (χ1v) is 7.24. The summed E-state index contributed by atoms with van der Waals surface area (Å²) >= 11 is 1.90. The van der Waals surface area contributed by atoms with Crippen molar-refractivity contribution in [1.82, 2.24) is 19.6 Å². The van der Waals surface area contributed by atoms with Gasteiger partial charge >= 0.3 is 6.03 Å². The number of alkyl halides is 1. The first kappa shape index (κ1) is 20.2. The van der Waals surface area contributed by atoms with Crippen molar-refractivity contribution >= 4 is 34.8 Å².